The molecular weight excluding hydrogens is 398 g/mol. The number of hydrogen-bond acceptors (Lipinski definition) is 2. The summed E-state index contributed by atoms with van der Waals surface area (Å²) < 4.78 is 12.1. The van der Waals surface area contributed by atoms with E-state index in [1.807, 2.05) is 18.2 Å². The minimum Gasteiger partial charge on any atom is -0.496 e. The number of ether oxygens (including phenoxy) is 2. The summed E-state index contributed by atoms with van der Waals surface area (Å²) >= 11 is 21.5. The van der Waals surface area contributed by atoms with Gasteiger partial charge >= 0.3 is 0 Å². The summed E-state index contributed by atoms with van der Waals surface area (Å²) in [5.41, 5.74) is 1.65. The standard InChI is InChI=1S/C15H12BrCl3O2/c1-20-14-3-2-11(16)4-10(14)8-21-15-9(7-17)5-12(18)6-13(15)19/h2-6H,7-8H2,1H3. The van der Waals surface area contributed by atoms with Gasteiger partial charge in [0.2, 0.25) is 0 Å². The van der Waals surface area contributed by atoms with Crippen molar-refractivity contribution in [3.63, 3.8) is 0 Å². The highest BCUT2D eigenvalue weighted by Crippen LogP contribution is 2.34. The van der Waals surface area contributed by atoms with Gasteiger partial charge in [0.15, 0.2) is 0 Å². The second-order valence-electron chi connectivity index (χ2n) is 4.25. The molecule has 0 heterocycles. The van der Waals surface area contributed by atoms with E-state index in [0.717, 1.165) is 21.3 Å². The third-order valence-electron chi connectivity index (χ3n) is 2.84. The molecule has 0 aliphatic rings. The fourth-order valence-corrected chi connectivity index (χ4v) is 3.08. The predicted octanol–water partition coefficient (Wildman–Crippen LogP) is 6.08. The fourth-order valence-electron chi connectivity index (χ4n) is 1.88. The van der Waals surface area contributed by atoms with Crippen LogP contribution in [0.4, 0.5) is 0 Å². The lowest BCUT2D eigenvalue weighted by Gasteiger charge is -2.14. The van der Waals surface area contributed by atoms with Crippen molar-refractivity contribution >= 4 is 50.7 Å². The molecule has 6 heteroatoms. The van der Waals surface area contributed by atoms with Gasteiger partial charge in [0.25, 0.3) is 0 Å². The number of rotatable bonds is 5. The SMILES string of the molecule is COc1ccc(Br)cc1COc1c(Cl)cc(Cl)cc1CCl. The van der Waals surface area contributed by atoms with Gasteiger partial charge in [0.1, 0.15) is 18.1 Å². The first-order valence-electron chi connectivity index (χ1n) is 6.04. The molecule has 0 saturated carbocycles. The maximum absolute atomic E-state index is 6.18. The largest absolute Gasteiger partial charge is 0.496 e. The van der Waals surface area contributed by atoms with E-state index in [0.29, 0.717) is 22.4 Å². The molecule has 2 nitrogen and oxygen atoms in total. The Labute approximate surface area is 147 Å². The van der Waals surface area contributed by atoms with Gasteiger partial charge in [0.05, 0.1) is 18.0 Å². The zero-order valence-corrected chi connectivity index (χ0v) is 15.0. The highest BCUT2D eigenvalue weighted by molar-refractivity contribution is 9.10. The Morgan fingerprint density at radius 1 is 1.10 bits per heavy atom. The van der Waals surface area contributed by atoms with Crippen LogP contribution >= 0.6 is 50.7 Å². The molecule has 21 heavy (non-hydrogen) atoms. The molecule has 2 aromatic carbocycles. The van der Waals surface area contributed by atoms with Gasteiger partial charge in [-0.15, -0.1) is 11.6 Å². The molecule has 2 aromatic rings. The molecule has 0 aliphatic heterocycles. The van der Waals surface area contributed by atoms with Crippen LogP contribution in [0.15, 0.2) is 34.8 Å². The van der Waals surface area contributed by atoms with E-state index >= 15 is 0 Å². The van der Waals surface area contributed by atoms with E-state index in [9.17, 15) is 0 Å². The van der Waals surface area contributed by atoms with E-state index in [2.05, 4.69) is 15.9 Å². The van der Waals surface area contributed by atoms with Crippen LogP contribution in [0.1, 0.15) is 11.1 Å². The third-order valence-corrected chi connectivity index (χ3v) is 4.12. The average molecular weight is 411 g/mol. The molecule has 0 aliphatic carbocycles. The third kappa shape index (κ3) is 4.19. The number of benzene rings is 2. The van der Waals surface area contributed by atoms with Crippen LogP contribution < -0.4 is 9.47 Å². The number of hydrogen-bond donors (Lipinski definition) is 0. The van der Waals surface area contributed by atoms with Crippen LogP contribution in [0.5, 0.6) is 11.5 Å². The summed E-state index contributed by atoms with van der Waals surface area (Å²) in [5.74, 6) is 1.56. The predicted molar refractivity (Wildman–Crippen MR) is 91.0 cm³/mol. The van der Waals surface area contributed by atoms with Crippen LogP contribution in [0, 0.1) is 0 Å². The lowest BCUT2D eigenvalue weighted by atomic mass is 10.2. The van der Waals surface area contributed by atoms with E-state index in [1.54, 1.807) is 19.2 Å². The van der Waals surface area contributed by atoms with E-state index in [-0.39, 0.29) is 5.88 Å². The minimum absolute atomic E-state index is 0.269. The summed E-state index contributed by atoms with van der Waals surface area (Å²) in [6.07, 6.45) is 0. The van der Waals surface area contributed by atoms with Crippen LogP contribution in [-0.2, 0) is 12.5 Å². The maximum atomic E-state index is 6.18. The molecule has 2 rings (SSSR count). The van der Waals surface area contributed by atoms with Crippen LogP contribution in [-0.4, -0.2) is 7.11 Å². The number of methoxy groups -OCH3 is 1. The molecule has 0 radical (unpaired) electrons. The molecule has 0 saturated heterocycles. The van der Waals surface area contributed by atoms with Crippen LogP contribution in [0.2, 0.25) is 10.0 Å². The minimum atomic E-state index is 0.269. The van der Waals surface area contributed by atoms with Gasteiger partial charge in [0, 0.05) is 20.6 Å². The van der Waals surface area contributed by atoms with Crippen molar-refractivity contribution in [3.8, 4) is 11.5 Å². The average Bonchev–Trinajstić information content (AvgIpc) is 2.45. The lowest BCUT2D eigenvalue weighted by Crippen LogP contribution is -2.01. The maximum Gasteiger partial charge on any atom is 0.142 e. The first-order chi connectivity index (χ1) is 10.0. The topological polar surface area (TPSA) is 18.5 Å². The van der Waals surface area contributed by atoms with Gasteiger partial charge < -0.3 is 9.47 Å². The van der Waals surface area contributed by atoms with E-state index in [4.69, 9.17) is 44.3 Å². The van der Waals surface area contributed by atoms with E-state index < -0.39 is 0 Å². The highest BCUT2D eigenvalue weighted by Gasteiger charge is 2.12. The number of halogens is 4. The molecule has 0 spiro atoms. The van der Waals surface area contributed by atoms with Crippen molar-refractivity contribution in [3.05, 3.63) is 56.0 Å². The van der Waals surface area contributed by atoms with Crippen molar-refractivity contribution in [2.45, 2.75) is 12.5 Å². The zero-order valence-electron chi connectivity index (χ0n) is 11.1. The van der Waals surface area contributed by atoms with E-state index in [1.165, 1.54) is 0 Å². The zero-order chi connectivity index (χ0) is 15.4. The molecule has 0 aromatic heterocycles. The molecule has 0 atom stereocenters. The lowest BCUT2D eigenvalue weighted by molar-refractivity contribution is 0.294. The summed E-state index contributed by atoms with van der Waals surface area (Å²) in [5, 5.41) is 0.968. The molecular formula is C15H12BrCl3O2. The first-order valence-corrected chi connectivity index (χ1v) is 8.12. The molecule has 0 amide bonds. The molecule has 0 N–H and O–H groups in total. The summed E-state index contributed by atoms with van der Waals surface area (Å²) in [4.78, 5) is 0. The second-order valence-corrected chi connectivity index (χ2v) is 6.28. The Kier molecular flexibility index (Phi) is 6.06. The Balaban J connectivity index is 2.26. The second kappa shape index (κ2) is 7.59. The smallest absolute Gasteiger partial charge is 0.142 e. The monoisotopic (exact) mass is 408 g/mol. The summed E-state index contributed by atoms with van der Waals surface area (Å²) in [7, 11) is 1.62. The van der Waals surface area contributed by atoms with Crippen molar-refractivity contribution in [2.24, 2.45) is 0 Å². The molecule has 112 valence electrons. The van der Waals surface area contributed by atoms with Crippen LogP contribution in [0.25, 0.3) is 0 Å². The van der Waals surface area contributed by atoms with Crippen LogP contribution in [0.3, 0.4) is 0 Å². The first kappa shape index (κ1) is 16.8. The summed E-state index contributed by atoms with van der Waals surface area (Å²) in [6.45, 7) is 0.313. The quantitative estimate of drug-likeness (QED) is 0.556. The Hall–Kier alpha value is -0.610. The molecule has 0 bridgehead atoms. The normalized spacial score (nSPS) is 10.5. The molecule has 0 unspecified atom stereocenters. The van der Waals surface area contributed by atoms with Gasteiger partial charge in [-0.1, -0.05) is 39.1 Å². The summed E-state index contributed by atoms with van der Waals surface area (Å²) in [6, 6.07) is 9.08. The Morgan fingerprint density at radius 3 is 2.52 bits per heavy atom. The number of alkyl halides is 1. The van der Waals surface area contributed by atoms with Gasteiger partial charge in [-0.2, -0.15) is 0 Å². The van der Waals surface area contributed by atoms with Crippen molar-refractivity contribution in [1.82, 2.24) is 0 Å². The van der Waals surface area contributed by atoms with Gasteiger partial charge in [-0.25, -0.2) is 0 Å². The van der Waals surface area contributed by atoms with Crippen molar-refractivity contribution in [1.29, 1.82) is 0 Å². The fraction of sp³-hybridized carbons (Fsp3) is 0.200. The Morgan fingerprint density at radius 2 is 1.86 bits per heavy atom. The Bertz CT molecular complexity index is 647. The van der Waals surface area contributed by atoms with Gasteiger partial charge in [-0.3, -0.25) is 0 Å². The highest BCUT2D eigenvalue weighted by atomic mass is 79.9. The van der Waals surface area contributed by atoms with Gasteiger partial charge in [-0.05, 0) is 30.3 Å². The van der Waals surface area contributed by atoms with Crippen molar-refractivity contribution in [2.75, 3.05) is 7.11 Å². The van der Waals surface area contributed by atoms with Crippen molar-refractivity contribution < 1.29 is 9.47 Å². The molecule has 0 fully saturated rings.